The van der Waals surface area contributed by atoms with Gasteiger partial charge >= 0.3 is 0 Å². The first-order valence-electron chi connectivity index (χ1n) is 4.51. The molecule has 0 N–H and O–H groups in total. The molecule has 2 unspecified atom stereocenters. The molecule has 68 valence electrons. The molecule has 1 aliphatic carbocycles. The smallest absolute Gasteiger partial charge is 0.118 e. The van der Waals surface area contributed by atoms with E-state index in [1.807, 2.05) is 0 Å². The van der Waals surface area contributed by atoms with Crippen LogP contribution in [-0.2, 0) is 4.74 Å². The molecule has 2 atom stereocenters. The van der Waals surface area contributed by atoms with E-state index >= 15 is 0 Å². The molecule has 0 aromatic heterocycles. The lowest BCUT2D eigenvalue weighted by Crippen LogP contribution is -2.16. The molecular formula is C11H18O. The Morgan fingerprint density at radius 1 is 1.17 bits per heavy atom. The van der Waals surface area contributed by atoms with Crippen LogP contribution in [0.3, 0.4) is 0 Å². The van der Waals surface area contributed by atoms with Crippen molar-refractivity contribution in [1.29, 1.82) is 0 Å². The first-order chi connectivity index (χ1) is 5.57. The van der Waals surface area contributed by atoms with E-state index in [1.54, 1.807) is 7.11 Å². The van der Waals surface area contributed by atoms with Gasteiger partial charge in [0.25, 0.3) is 0 Å². The Labute approximate surface area is 75.1 Å². The van der Waals surface area contributed by atoms with E-state index in [-0.39, 0.29) is 0 Å². The van der Waals surface area contributed by atoms with E-state index in [9.17, 15) is 0 Å². The van der Waals surface area contributed by atoms with Gasteiger partial charge in [0.1, 0.15) is 5.76 Å². The summed E-state index contributed by atoms with van der Waals surface area (Å²) in [4.78, 5) is 0. The molecule has 1 aliphatic rings. The van der Waals surface area contributed by atoms with Crippen LogP contribution in [0.4, 0.5) is 0 Å². The van der Waals surface area contributed by atoms with Crippen LogP contribution in [0.5, 0.6) is 0 Å². The highest BCUT2D eigenvalue weighted by Gasteiger charge is 2.22. The Morgan fingerprint density at radius 3 is 2.25 bits per heavy atom. The first-order valence-corrected chi connectivity index (χ1v) is 4.51. The van der Waals surface area contributed by atoms with Gasteiger partial charge in [-0.1, -0.05) is 19.4 Å². The zero-order chi connectivity index (χ0) is 9.30. The lowest BCUT2D eigenvalue weighted by molar-refractivity contribution is 0.286. The zero-order valence-corrected chi connectivity index (χ0v) is 8.64. The Morgan fingerprint density at radius 2 is 1.75 bits per heavy atom. The second kappa shape index (κ2) is 3.34. The van der Waals surface area contributed by atoms with E-state index in [0.717, 1.165) is 5.76 Å². The minimum Gasteiger partial charge on any atom is -0.497 e. The van der Waals surface area contributed by atoms with Crippen LogP contribution in [0.2, 0.25) is 0 Å². The van der Waals surface area contributed by atoms with Gasteiger partial charge in [-0.05, 0) is 37.3 Å². The van der Waals surface area contributed by atoms with Crippen LogP contribution in [0.25, 0.3) is 0 Å². The standard InChI is InChI=1S/C11H18O/c1-7-6-11(12-5)10(4)9(3)8(7)2/h6,8-9H,1-5H3. The SMILES string of the molecule is COC1=C(C)C(C)C(C)C(C)=C1. The molecule has 0 spiro atoms. The zero-order valence-electron chi connectivity index (χ0n) is 8.64. The summed E-state index contributed by atoms with van der Waals surface area (Å²) in [5, 5.41) is 0. The molecule has 0 saturated carbocycles. The van der Waals surface area contributed by atoms with Crippen molar-refractivity contribution >= 4 is 0 Å². The van der Waals surface area contributed by atoms with E-state index in [4.69, 9.17) is 4.74 Å². The fourth-order valence-corrected chi connectivity index (χ4v) is 1.67. The number of rotatable bonds is 1. The van der Waals surface area contributed by atoms with Gasteiger partial charge < -0.3 is 4.74 Å². The maximum atomic E-state index is 5.30. The number of methoxy groups -OCH3 is 1. The molecule has 0 bridgehead atoms. The minimum atomic E-state index is 0.616. The average Bonchev–Trinajstić information content (AvgIpc) is 2.08. The van der Waals surface area contributed by atoms with Gasteiger partial charge in [0, 0.05) is 0 Å². The predicted molar refractivity (Wildman–Crippen MR) is 51.8 cm³/mol. The second-order valence-corrected chi connectivity index (χ2v) is 3.72. The minimum absolute atomic E-state index is 0.616. The van der Waals surface area contributed by atoms with Gasteiger partial charge in [-0.15, -0.1) is 0 Å². The van der Waals surface area contributed by atoms with E-state index in [2.05, 4.69) is 33.8 Å². The van der Waals surface area contributed by atoms with Gasteiger partial charge in [0.05, 0.1) is 7.11 Å². The molecule has 0 saturated heterocycles. The first kappa shape index (κ1) is 9.37. The highest BCUT2D eigenvalue weighted by atomic mass is 16.5. The molecule has 0 radical (unpaired) electrons. The Kier molecular flexibility index (Phi) is 2.61. The summed E-state index contributed by atoms with van der Waals surface area (Å²) in [7, 11) is 1.74. The van der Waals surface area contributed by atoms with E-state index in [0.29, 0.717) is 11.8 Å². The number of ether oxygens (including phenoxy) is 1. The molecule has 0 aliphatic heterocycles. The summed E-state index contributed by atoms with van der Waals surface area (Å²) >= 11 is 0. The molecule has 0 aromatic carbocycles. The molecule has 1 heteroatoms. The summed E-state index contributed by atoms with van der Waals surface area (Å²) in [5.74, 6) is 2.33. The van der Waals surface area contributed by atoms with Crippen LogP contribution in [0.1, 0.15) is 27.7 Å². The monoisotopic (exact) mass is 166 g/mol. The van der Waals surface area contributed by atoms with Crippen molar-refractivity contribution in [2.24, 2.45) is 11.8 Å². The summed E-state index contributed by atoms with van der Waals surface area (Å²) in [5.41, 5.74) is 2.79. The molecule has 0 heterocycles. The van der Waals surface area contributed by atoms with Gasteiger partial charge in [-0.2, -0.15) is 0 Å². The Hall–Kier alpha value is -0.720. The van der Waals surface area contributed by atoms with Crippen LogP contribution in [0.15, 0.2) is 23.0 Å². The number of allylic oxidation sites excluding steroid dienone is 3. The Bertz CT molecular complexity index is 235. The summed E-state index contributed by atoms with van der Waals surface area (Å²) < 4.78 is 5.30. The summed E-state index contributed by atoms with van der Waals surface area (Å²) in [6, 6.07) is 0. The molecule has 0 fully saturated rings. The maximum Gasteiger partial charge on any atom is 0.118 e. The van der Waals surface area contributed by atoms with Crippen molar-refractivity contribution in [3.63, 3.8) is 0 Å². The van der Waals surface area contributed by atoms with Crippen LogP contribution in [0, 0.1) is 11.8 Å². The van der Waals surface area contributed by atoms with Crippen molar-refractivity contribution in [2.75, 3.05) is 7.11 Å². The van der Waals surface area contributed by atoms with E-state index < -0.39 is 0 Å². The van der Waals surface area contributed by atoms with Crippen molar-refractivity contribution in [3.8, 4) is 0 Å². The maximum absolute atomic E-state index is 5.30. The third kappa shape index (κ3) is 1.40. The summed E-state index contributed by atoms with van der Waals surface area (Å²) in [6.45, 7) is 8.86. The fraction of sp³-hybridized carbons (Fsp3) is 0.636. The van der Waals surface area contributed by atoms with Crippen LogP contribution < -0.4 is 0 Å². The molecule has 1 nitrogen and oxygen atoms in total. The normalized spacial score (nSPS) is 30.2. The van der Waals surface area contributed by atoms with Gasteiger partial charge in [-0.25, -0.2) is 0 Å². The molecular weight excluding hydrogens is 148 g/mol. The third-order valence-electron chi connectivity index (χ3n) is 3.12. The van der Waals surface area contributed by atoms with Gasteiger partial charge in [0.15, 0.2) is 0 Å². The third-order valence-corrected chi connectivity index (χ3v) is 3.12. The summed E-state index contributed by atoms with van der Waals surface area (Å²) in [6.07, 6.45) is 2.15. The van der Waals surface area contributed by atoms with Crippen LogP contribution >= 0.6 is 0 Å². The average molecular weight is 166 g/mol. The quantitative estimate of drug-likeness (QED) is 0.581. The largest absolute Gasteiger partial charge is 0.497 e. The predicted octanol–water partition coefficient (Wildman–Crippen LogP) is 3.14. The fourth-order valence-electron chi connectivity index (χ4n) is 1.67. The van der Waals surface area contributed by atoms with Crippen molar-refractivity contribution < 1.29 is 4.74 Å². The van der Waals surface area contributed by atoms with Crippen LogP contribution in [-0.4, -0.2) is 7.11 Å². The van der Waals surface area contributed by atoms with Crippen molar-refractivity contribution in [3.05, 3.63) is 23.0 Å². The highest BCUT2D eigenvalue weighted by molar-refractivity contribution is 5.31. The molecule has 12 heavy (non-hydrogen) atoms. The lowest BCUT2D eigenvalue weighted by atomic mass is 9.80. The van der Waals surface area contributed by atoms with Crippen molar-refractivity contribution in [1.82, 2.24) is 0 Å². The number of hydrogen-bond acceptors (Lipinski definition) is 1. The molecule has 0 amide bonds. The van der Waals surface area contributed by atoms with Gasteiger partial charge in [0.2, 0.25) is 0 Å². The number of hydrogen-bond donors (Lipinski definition) is 0. The van der Waals surface area contributed by atoms with Gasteiger partial charge in [-0.3, -0.25) is 0 Å². The lowest BCUT2D eigenvalue weighted by Gasteiger charge is -2.27. The Balaban J connectivity index is 3.01. The highest BCUT2D eigenvalue weighted by Crippen LogP contribution is 2.33. The molecule has 0 aromatic rings. The topological polar surface area (TPSA) is 9.23 Å². The van der Waals surface area contributed by atoms with E-state index in [1.165, 1.54) is 11.1 Å². The second-order valence-electron chi connectivity index (χ2n) is 3.72. The van der Waals surface area contributed by atoms with Crippen molar-refractivity contribution in [2.45, 2.75) is 27.7 Å². The molecule has 1 rings (SSSR count).